The molecular weight excluding hydrogens is 212 g/mol. The lowest BCUT2D eigenvalue weighted by Crippen LogP contribution is -2.45. The van der Waals surface area contributed by atoms with Crippen molar-refractivity contribution in [2.75, 3.05) is 6.54 Å². The van der Waals surface area contributed by atoms with Crippen molar-refractivity contribution in [2.24, 2.45) is 12.8 Å². The number of aromatic nitrogens is 2. The van der Waals surface area contributed by atoms with E-state index in [2.05, 4.69) is 42.3 Å². The summed E-state index contributed by atoms with van der Waals surface area (Å²) in [5.74, 6) is 0. The summed E-state index contributed by atoms with van der Waals surface area (Å²) in [6.45, 7) is 5.65. The van der Waals surface area contributed by atoms with E-state index in [-0.39, 0.29) is 5.54 Å². The summed E-state index contributed by atoms with van der Waals surface area (Å²) >= 11 is 0. The Balaban J connectivity index is 2.15. The van der Waals surface area contributed by atoms with Crippen LogP contribution >= 0.6 is 0 Å². The molecule has 1 aromatic carbocycles. The average molecular weight is 232 g/mol. The summed E-state index contributed by atoms with van der Waals surface area (Å²) in [6.07, 6.45) is 1.84. The maximum Gasteiger partial charge on any atom is 0.0955 e. The highest BCUT2D eigenvalue weighted by atomic mass is 15.0. The van der Waals surface area contributed by atoms with Gasteiger partial charge in [0.2, 0.25) is 0 Å². The van der Waals surface area contributed by atoms with E-state index in [0.717, 1.165) is 17.6 Å². The summed E-state index contributed by atoms with van der Waals surface area (Å²) < 4.78 is 2.02. The van der Waals surface area contributed by atoms with Crippen LogP contribution < -0.4 is 11.1 Å². The molecule has 92 valence electrons. The first-order chi connectivity index (χ1) is 8.02. The van der Waals surface area contributed by atoms with E-state index in [9.17, 15) is 0 Å². The van der Waals surface area contributed by atoms with Crippen molar-refractivity contribution in [1.82, 2.24) is 14.9 Å². The molecule has 2 rings (SSSR count). The number of hydrogen-bond donors (Lipinski definition) is 2. The molecule has 3 N–H and O–H groups in total. The van der Waals surface area contributed by atoms with Gasteiger partial charge in [0.05, 0.1) is 17.4 Å². The summed E-state index contributed by atoms with van der Waals surface area (Å²) in [5.41, 5.74) is 9.09. The minimum atomic E-state index is -0.0287. The van der Waals surface area contributed by atoms with Gasteiger partial charge in [0.15, 0.2) is 0 Å². The Morgan fingerprint density at radius 3 is 2.88 bits per heavy atom. The van der Waals surface area contributed by atoms with Crippen LogP contribution in [0.1, 0.15) is 19.4 Å². The molecule has 0 unspecified atom stereocenters. The van der Waals surface area contributed by atoms with Crippen LogP contribution in [0.2, 0.25) is 0 Å². The van der Waals surface area contributed by atoms with Crippen LogP contribution in [0.15, 0.2) is 24.5 Å². The lowest BCUT2D eigenvalue weighted by Gasteiger charge is -2.24. The van der Waals surface area contributed by atoms with Gasteiger partial charge in [-0.25, -0.2) is 4.98 Å². The second-order valence-corrected chi connectivity index (χ2v) is 5.12. The van der Waals surface area contributed by atoms with Gasteiger partial charge < -0.3 is 15.6 Å². The Bertz CT molecular complexity index is 513. The Labute approximate surface area is 102 Å². The number of nitrogens with zero attached hydrogens (tertiary/aromatic N) is 2. The van der Waals surface area contributed by atoms with E-state index >= 15 is 0 Å². The first-order valence-electron chi connectivity index (χ1n) is 5.87. The zero-order valence-electron chi connectivity index (χ0n) is 10.7. The van der Waals surface area contributed by atoms with Crippen LogP contribution in [0, 0.1) is 0 Å². The molecule has 0 radical (unpaired) electrons. The number of imidazole rings is 1. The van der Waals surface area contributed by atoms with Crippen LogP contribution in [0.4, 0.5) is 0 Å². The predicted octanol–water partition coefficient (Wildman–Crippen LogP) is 1.40. The molecule has 17 heavy (non-hydrogen) atoms. The maximum atomic E-state index is 5.69. The summed E-state index contributed by atoms with van der Waals surface area (Å²) in [4.78, 5) is 4.35. The normalized spacial score (nSPS) is 12.2. The zero-order valence-corrected chi connectivity index (χ0v) is 10.7. The van der Waals surface area contributed by atoms with E-state index < -0.39 is 0 Å². The van der Waals surface area contributed by atoms with E-state index in [1.54, 1.807) is 0 Å². The number of rotatable bonds is 4. The van der Waals surface area contributed by atoms with Gasteiger partial charge in [-0.15, -0.1) is 0 Å². The quantitative estimate of drug-likeness (QED) is 0.838. The van der Waals surface area contributed by atoms with Crippen molar-refractivity contribution in [2.45, 2.75) is 25.9 Å². The smallest absolute Gasteiger partial charge is 0.0955 e. The molecule has 1 heterocycles. The number of nitrogens with one attached hydrogen (secondary N) is 1. The molecule has 0 amide bonds. The largest absolute Gasteiger partial charge is 0.334 e. The fraction of sp³-hybridized carbons (Fsp3) is 0.462. The Morgan fingerprint density at radius 2 is 2.18 bits per heavy atom. The van der Waals surface area contributed by atoms with Gasteiger partial charge in [0.1, 0.15) is 0 Å². The SMILES string of the molecule is Cn1cnc2cc(CNC(C)(C)CN)ccc21. The van der Waals surface area contributed by atoms with Gasteiger partial charge in [-0.2, -0.15) is 0 Å². The molecule has 1 aromatic heterocycles. The fourth-order valence-electron chi connectivity index (χ4n) is 1.71. The van der Waals surface area contributed by atoms with Gasteiger partial charge >= 0.3 is 0 Å². The molecule has 0 fully saturated rings. The van der Waals surface area contributed by atoms with Gasteiger partial charge in [-0.1, -0.05) is 6.07 Å². The highest BCUT2D eigenvalue weighted by Crippen LogP contribution is 2.14. The Morgan fingerprint density at radius 1 is 1.41 bits per heavy atom. The molecule has 0 aliphatic rings. The first-order valence-corrected chi connectivity index (χ1v) is 5.87. The molecule has 0 saturated heterocycles. The van der Waals surface area contributed by atoms with Crippen LogP contribution in [-0.4, -0.2) is 21.6 Å². The predicted molar refractivity (Wildman–Crippen MR) is 70.7 cm³/mol. The number of nitrogens with two attached hydrogens (primary N) is 1. The van der Waals surface area contributed by atoms with Gasteiger partial charge in [0, 0.05) is 25.7 Å². The molecule has 2 aromatic rings. The van der Waals surface area contributed by atoms with Gasteiger partial charge in [-0.3, -0.25) is 0 Å². The Hall–Kier alpha value is -1.39. The number of fused-ring (bicyclic) bond motifs is 1. The maximum absolute atomic E-state index is 5.69. The zero-order chi connectivity index (χ0) is 12.5. The molecule has 4 heteroatoms. The number of hydrogen-bond acceptors (Lipinski definition) is 3. The van der Waals surface area contributed by atoms with Crippen molar-refractivity contribution < 1.29 is 0 Å². The standard InChI is InChI=1S/C13H20N4/c1-13(2,8-14)16-7-10-4-5-12-11(6-10)15-9-17(12)3/h4-6,9,16H,7-8,14H2,1-3H3. The second kappa shape index (κ2) is 4.47. The molecule has 0 bridgehead atoms. The summed E-state index contributed by atoms with van der Waals surface area (Å²) in [6, 6.07) is 6.35. The fourth-order valence-corrected chi connectivity index (χ4v) is 1.71. The highest BCUT2D eigenvalue weighted by Gasteiger charge is 2.13. The second-order valence-electron chi connectivity index (χ2n) is 5.12. The first kappa shape index (κ1) is 12.1. The van der Waals surface area contributed by atoms with Crippen LogP contribution in [0.3, 0.4) is 0 Å². The monoisotopic (exact) mass is 232 g/mol. The van der Waals surface area contributed by atoms with Crippen molar-refractivity contribution >= 4 is 11.0 Å². The van der Waals surface area contributed by atoms with E-state index in [1.807, 2.05) is 17.9 Å². The molecule has 0 spiro atoms. The third kappa shape index (κ3) is 2.65. The third-order valence-electron chi connectivity index (χ3n) is 3.07. The molecule has 0 atom stereocenters. The lowest BCUT2D eigenvalue weighted by molar-refractivity contribution is 0.397. The van der Waals surface area contributed by atoms with E-state index in [4.69, 9.17) is 5.73 Å². The van der Waals surface area contributed by atoms with Crippen molar-refractivity contribution in [3.05, 3.63) is 30.1 Å². The molecule has 0 aliphatic heterocycles. The Kier molecular flexibility index (Phi) is 3.17. The summed E-state index contributed by atoms with van der Waals surface area (Å²) in [5, 5.41) is 3.44. The van der Waals surface area contributed by atoms with Crippen molar-refractivity contribution in [1.29, 1.82) is 0 Å². The van der Waals surface area contributed by atoms with Crippen LogP contribution in [0.5, 0.6) is 0 Å². The topological polar surface area (TPSA) is 55.9 Å². The van der Waals surface area contributed by atoms with Gasteiger partial charge in [0.25, 0.3) is 0 Å². The highest BCUT2D eigenvalue weighted by molar-refractivity contribution is 5.75. The minimum absolute atomic E-state index is 0.0287. The van der Waals surface area contributed by atoms with Crippen molar-refractivity contribution in [3.63, 3.8) is 0 Å². The third-order valence-corrected chi connectivity index (χ3v) is 3.07. The van der Waals surface area contributed by atoms with Gasteiger partial charge in [-0.05, 0) is 31.5 Å². The van der Waals surface area contributed by atoms with Crippen LogP contribution in [0.25, 0.3) is 11.0 Å². The molecule has 4 nitrogen and oxygen atoms in total. The lowest BCUT2D eigenvalue weighted by atomic mass is 10.1. The molecule has 0 aliphatic carbocycles. The van der Waals surface area contributed by atoms with E-state index in [0.29, 0.717) is 6.54 Å². The summed E-state index contributed by atoms with van der Waals surface area (Å²) in [7, 11) is 2.00. The van der Waals surface area contributed by atoms with Crippen molar-refractivity contribution in [3.8, 4) is 0 Å². The van der Waals surface area contributed by atoms with E-state index in [1.165, 1.54) is 5.56 Å². The molecule has 0 saturated carbocycles. The number of benzene rings is 1. The minimum Gasteiger partial charge on any atom is -0.334 e. The average Bonchev–Trinajstić information content (AvgIpc) is 2.68. The number of aryl methyl sites for hydroxylation is 1. The molecular formula is C13H20N4. The van der Waals surface area contributed by atoms with Crippen LogP contribution in [-0.2, 0) is 13.6 Å².